The van der Waals surface area contributed by atoms with Crippen molar-refractivity contribution in [2.24, 2.45) is 0 Å². The van der Waals surface area contributed by atoms with Gasteiger partial charge in [-0.15, -0.1) is 11.3 Å². The van der Waals surface area contributed by atoms with E-state index in [0.717, 1.165) is 14.9 Å². The van der Waals surface area contributed by atoms with Crippen LogP contribution in [0.5, 0.6) is 0 Å². The van der Waals surface area contributed by atoms with Crippen molar-refractivity contribution in [3.05, 3.63) is 50.6 Å². The molecule has 3 N–H and O–H groups in total. The summed E-state index contributed by atoms with van der Waals surface area (Å²) in [5.41, 5.74) is 7.25. The summed E-state index contributed by atoms with van der Waals surface area (Å²) in [7, 11) is 0. The average molecular weight is 298 g/mol. The van der Waals surface area contributed by atoms with Crippen molar-refractivity contribution < 1.29 is 5.11 Å². The SMILES string of the molecule is Nc1ccc(Br)cc1C(O)Cc1cccs1. The third-order valence-corrected chi connectivity index (χ3v) is 3.77. The molecule has 0 bridgehead atoms. The van der Waals surface area contributed by atoms with Crippen LogP contribution in [-0.4, -0.2) is 5.11 Å². The number of aliphatic hydroxyl groups excluding tert-OH is 1. The van der Waals surface area contributed by atoms with E-state index in [1.54, 1.807) is 17.4 Å². The maximum atomic E-state index is 10.1. The van der Waals surface area contributed by atoms with Crippen LogP contribution in [0.15, 0.2) is 40.2 Å². The van der Waals surface area contributed by atoms with Crippen LogP contribution in [0.25, 0.3) is 0 Å². The van der Waals surface area contributed by atoms with Crippen LogP contribution in [0.4, 0.5) is 5.69 Å². The molecule has 16 heavy (non-hydrogen) atoms. The number of benzene rings is 1. The van der Waals surface area contributed by atoms with E-state index in [4.69, 9.17) is 5.73 Å². The molecular weight excluding hydrogens is 286 g/mol. The molecule has 1 aromatic heterocycles. The molecule has 0 aliphatic heterocycles. The number of hydrogen-bond acceptors (Lipinski definition) is 3. The molecule has 1 heterocycles. The number of anilines is 1. The molecule has 0 saturated heterocycles. The van der Waals surface area contributed by atoms with Crippen LogP contribution in [0.2, 0.25) is 0 Å². The Morgan fingerprint density at radius 2 is 2.19 bits per heavy atom. The van der Waals surface area contributed by atoms with Crippen molar-refractivity contribution in [3.8, 4) is 0 Å². The van der Waals surface area contributed by atoms with Gasteiger partial charge in [-0.05, 0) is 29.6 Å². The summed E-state index contributed by atoms with van der Waals surface area (Å²) in [6.45, 7) is 0. The molecule has 0 fully saturated rings. The molecule has 4 heteroatoms. The molecule has 0 radical (unpaired) electrons. The first-order chi connectivity index (χ1) is 7.66. The molecule has 2 aromatic rings. The van der Waals surface area contributed by atoms with E-state index in [1.807, 2.05) is 29.6 Å². The van der Waals surface area contributed by atoms with Crippen molar-refractivity contribution in [1.82, 2.24) is 0 Å². The quantitative estimate of drug-likeness (QED) is 0.853. The lowest BCUT2D eigenvalue weighted by Gasteiger charge is -2.12. The monoisotopic (exact) mass is 297 g/mol. The third kappa shape index (κ3) is 2.64. The van der Waals surface area contributed by atoms with E-state index in [9.17, 15) is 5.11 Å². The molecule has 0 saturated carbocycles. The summed E-state index contributed by atoms with van der Waals surface area (Å²) < 4.78 is 0.932. The first-order valence-corrected chi connectivity index (χ1v) is 6.59. The lowest BCUT2D eigenvalue weighted by Crippen LogP contribution is -2.04. The van der Waals surface area contributed by atoms with Gasteiger partial charge in [0.1, 0.15) is 0 Å². The highest BCUT2D eigenvalue weighted by atomic mass is 79.9. The fourth-order valence-corrected chi connectivity index (χ4v) is 2.69. The van der Waals surface area contributed by atoms with Gasteiger partial charge in [-0.1, -0.05) is 22.0 Å². The number of halogens is 1. The van der Waals surface area contributed by atoms with Gasteiger partial charge in [0.2, 0.25) is 0 Å². The van der Waals surface area contributed by atoms with E-state index in [1.165, 1.54) is 0 Å². The van der Waals surface area contributed by atoms with Gasteiger partial charge in [-0.2, -0.15) is 0 Å². The number of nitrogens with two attached hydrogens (primary N) is 1. The van der Waals surface area contributed by atoms with E-state index >= 15 is 0 Å². The maximum Gasteiger partial charge on any atom is 0.0858 e. The molecule has 2 rings (SSSR count). The van der Waals surface area contributed by atoms with E-state index in [2.05, 4.69) is 15.9 Å². The number of nitrogen functional groups attached to an aromatic ring is 1. The van der Waals surface area contributed by atoms with Gasteiger partial charge >= 0.3 is 0 Å². The Morgan fingerprint density at radius 1 is 1.38 bits per heavy atom. The van der Waals surface area contributed by atoms with Crippen molar-refractivity contribution in [2.45, 2.75) is 12.5 Å². The average Bonchev–Trinajstić information content (AvgIpc) is 2.74. The minimum atomic E-state index is -0.545. The molecular formula is C12H12BrNOS. The van der Waals surface area contributed by atoms with Gasteiger partial charge in [-0.25, -0.2) is 0 Å². The molecule has 1 unspecified atom stereocenters. The standard InChI is InChI=1S/C12H12BrNOS/c13-8-3-4-11(14)10(6-8)12(15)7-9-2-1-5-16-9/h1-6,12,15H,7,14H2. The van der Waals surface area contributed by atoms with E-state index in [-0.39, 0.29) is 0 Å². The van der Waals surface area contributed by atoms with Crippen LogP contribution in [0, 0.1) is 0 Å². The van der Waals surface area contributed by atoms with Crippen molar-refractivity contribution in [1.29, 1.82) is 0 Å². The Kier molecular flexibility index (Phi) is 3.63. The molecule has 84 valence electrons. The number of hydrogen-bond donors (Lipinski definition) is 2. The van der Waals surface area contributed by atoms with Gasteiger partial charge in [0.25, 0.3) is 0 Å². The molecule has 0 aliphatic carbocycles. The summed E-state index contributed by atoms with van der Waals surface area (Å²) >= 11 is 5.02. The third-order valence-electron chi connectivity index (χ3n) is 2.38. The molecule has 0 amide bonds. The zero-order valence-corrected chi connectivity index (χ0v) is 11.0. The predicted octanol–water partition coefficient (Wildman–Crippen LogP) is 3.37. The summed E-state index contributed by atoms with van der Waals surface area (Å²) in [4.78, 5) is 1.16. The summed E-state index contributed by atoms with van der Waals surface area (Å²) in [5, 5.41) is 12.1. The molecule has 2 nitrogen and oxygen atoms in total. The largest absolute Gasteiger partial charge is 0.398 e. The molecule has 1 aromatic carbocycles. The smallest absolute Gasteiger partial charge is 0.0858 e. The fourth-order valence-electron chi connectivity index (χ4n) is 1.56. The summed E-state index contributed by atoms with van der Waals surface area (Å²) in [6.07, 6.45) is 0.0642. The highest BCUT2D eigenvalue weighted by Gasteiger charge is 2.12. The maximum absolute atomic E-state index is 10.1. The zero-order chi connectivity index (χ0) is 11.5. The second kappa shape index (κ2) is 4.99. The Balaban J connectivity index is 2.20. The van der Waals surface area contributed by atoms with Gasteiger partial charge < -0.3 is 10.8 Å². The topological polar surface area (TPSA) is 46.2 Å². The first kappa shape index (κ1) is 11.6. The normalized spacial score (nSPS) is 12.6. The number of thiophene rings is 1. The summed E-state index contributed by atoms with van der Waals surface area (Å²) in [6, 6.07) is 9.54. The Morgan fingerprint density at radius 3 is 2.88 bits per heavy atom. The molecule has 1 atom stereocenters. The fraction of sp³-hybridized carbons (Fsp3) is 0.167. The van der Waals surface area contributed by atoms with Crippen LogP contribution < -0.4 is 5.73 Å². The van der Waals surface area contributed by atoms with E-state index in [0.29, 0.717) is 12.1 Å². The van der Waals surface area contributed by atoms with Gasteiger partial charge in [0.15, 0.2) is 0 Å². The first-order valence-electron chi connectivity index (χ1n) is 4.92. The highest BCUT2D eigenvalue weighted by Crippen LogP contribution is 2.27. The van der Waals surface area contributed by atoms with Crippen LogP contribution in [-0.2, 0) is 6.42 Å². The lowest BCUT2D eigenvalue weighted by atomic mass is 10.0. The van der Waals surface area contributed by atoms with Gasteiger partial charge in [0.05, 0.1) is 6.10 Å². The van der Waals surface area contributed by atoms with Gasteiger partial charge in [0, 0.05) is 27.0 Å². The minimum Gasteiger partial charge on any atom is -0.398 e. The minimum absolute atomic E-state index is 0.545. The van der Waals surface area contributed by atoms with Gasteiger partial charge in [-0.3, -0.25) is 0 Å². The van der Waals surface area contributed by atoms with Crippen LogP contribution >= 0.6 is 27.3 Å². The Labute approximate surface area is 107 Å². The predicted molar refractivity (Wildman–Crippen MR) is 71.5 cm³/mol. The highest BCUT2D eigenvalue weighted by molar-refractivity contribution is 9.10. The molecule has 0 aliphatic rings. The number of aliphatic hydroxyl groups is 1. The Hall–Kier alpha value is -0.840. The zero-order valence-electron chi connectivity index (χ0n) is 8.56. The van der Waals surface area contributed by atoms with E-state index < -0.39 is 6.10 Å². The van der Waals surface area contributed by atoms with Crippen molar-refractivity contribution in [3.63, 3.8) is 0 Å². The second-order valence-corrected chi connectivity index (χ2v) is 5.52. The molecule has 0 spiro atoms. The van der Waals surface area contributed by atoms with Crippen molar-refractivity contribution in [2.75, 3.05) is 5.73 Å². The Bertz CT molecular complexity index is 470. The second-order valence-electron chi connectivity index (χ2n) is 3.57. The van der Waals surface area contributed by atoms with Crippen molar-refractivity contribution >= 4 is 33.0 Å². The summed E-state index contributed by atoms with van der Waals surface area (Å²) in [5.74, 6) is 0. The number of rotatable bonds is 3. The van der Waals surface area contributed by atoms with Crippen LogP contribution in [0.1, 0.15) is 16.5 Å². The van der Waals surface area contributed by atoms with Crippen LogP contribution in [0.3, 0.4) is 0 Å². The lowest BCUT2D eigenvalue weighted by molar-refractivity contribution is 0.180.